The maximum Gasteiger partial charge on any atom is 0.191 e. The number of halogens is 1. The van der Waals surface area contributed by atoms with Crippen LogP contribution in [0.5, 0.6) is 0 Å². The lowest BCUT2D eigenvalue weighted by Crippen LogP contribution is -2.45. The van der Waals surface area contributed by atoms with Crippen molar-refractivity contribution in [3.8, 4) is 0 Å². The molecule has 1 unspecified atom stereocenters. The van der Waals surface area contributed by atoms with E-state index in [4.69, 9.17) is 0 Å². The number of nitrogens with zero attached hydrogens (tertiary/aromatic N) is 5. The fourth-order valence-electron chi connectivity index (χ4n) is 2.25. The second-order valence-corrected chi connectivity index (χ2v) is 5.67. The first kappa shape index (κ1) is 21.2. The van der Waals surface area contributed by atoms with Crippen LogP contribution in [0.15, 0.2) is 41.7 Å². The quantitative estimate of drug-likeness (QED) is 0.378. The Morgan fingerprint density at radius 2 is 2.00 bits per heavy atom. The molecule has 0 spiro atoms. The molecule has 2 aromatic rings. The van der Waals surface area contributed by atoms with Gasteiger partial charge in [-0.1, -0.05) is 18.2 Å². The number of hydrogen-bond donors (Lipinski definition) is 2. The molecule has 2 N–H and O–H groups in total. The molecule has 2 rings (SSSR count). The Morgan fingerprint density at radius 1 is 1.28 bits per heavy atom. The van der Waals surface area contributed by atoms with E-state index in [9.17, 15) is 0 Å². The molecule has 0 radical (unpaired) electrons. The predicted molar refractivity (Wildman–Crippen MR) is 114 cm³/mol. The van der Waals surface area contributed by atoms with E-state index < -0.39 is 0 Å². The van der Waals surface area contributed by atoms with Gasteiger partial charge in [0.25, 0.3) is 0 Å². The highest BCUT2D eigenvalue weighted by atomic mass is 127. The molecule has 1 aromatic carbocycles. The number of para-hydroxylation sites is 1. The van der Waals surface area contributed by atoms with Gasteiger partial charge in [0.1, 0.15) is 18.7 Å². The number of hydrogen-bond acceptors (Lipinski definition) is 4. The molecule has 0 amide bonds. The number of aryl methyl sites for hydroxylation is 1. The van der Waals surface area contributed by atoms with E-state index in [1.807, 2.05) is 13.1 Å². The second kappa shape index (κ2) is 10.9. The third-order valence-corrected chi connectivity index (χ3v) is 3.92. The monoisotopic (exact) mass is 457 g/mol. The molecule has 0 fully saturated rings. The lowest BCUT2D eigenvalue weighted by molar-refractivity contribution is 0.646. The normalized spacial score (nSPS) is 12.2. The molecule has 0 saturated carbocycles. The fourth-order valence-corrected chi connectivity index (χ4v) is 2.25. The molecule has 0 saturated heterocycles. The van der Waals surface area contributed by atoms with Gasteiger partial charge in [0.05, 0.1) is 0 Å². The van der Waals surface area contributed by atoms with Crippen molar-refractivity contribution in [2.24, 2.45) is 12.0 Å². The maximum absolute atomic E-state index is 4.57. The molecule has 0 aliphatic carbocycles. The summed E-state index contributed by atoms with van der Waals surface area (Å²) in [5.41, 5.74) is 1.20. The highest BCUT2D eigenvalue weighted by Crippen LogP contribution is 2.13. The van der Waals surface area contributed by atoms with Gasteiger partial charge >= 0.3 is 0 Å². The van der Waals surface area contributed by atoms with Crippen molar-refractivity contribution in [2.45, 2.75) is 26.4 Å². The summed E-state index contributed by atoms with van der Waals surface area (Å²) in [4.78, 5) is 11.0. The van der Waals surface area contributed by atoms with E-state index in [0.29, 0.717) is 12.6 Å². The van der Waals surface area contributed by atoms with Crippen LogP contribution in [0.1, 0.15) is 19.7 Å². The topological polar surface area (TPSA) is 70.4 Å². The van der Waals surface area contributed by atoms with E-state index >= 15 is 0 Å². The summed E-state index contributed by atoms with van der Waals surface area (Å²) in [5, 5.41) is 10.7. The number of aromatic nitrogens is 3. The smallest absolute Gasteiger partial charge is 0.191 e. The largest absolute Gasteiger partial charge is 0.370 e. The number of guanidine groups is 1. The predicted octanol–water partition coefficient (Wildman–Crippen LogP) is 2.01. The molecule has 1 atom stereocenters. The number of aliphatic imine (C=N–C) groups is 1. The van der Waals surface area contributed by atoms with Crippen LogP contribution >= 0.6 is 24.0 Å². The van der Waals surface area contributed by atoms with Gasteiger partial charge in [0, 0.05) is 38.9 Å². The second-order valence-electron chi connectivity index (χ2n) is 5.67. The van der Waals surface area contributed by atoms with Gasteiger partial charge in [-0.25, -0.2) is 9.98 Å². The van der Waals surface area contributed by atoms with Crippen molar-refractivity contribution < 1.29 is 0 Å². The van der Waals surface area contributed by atoms with Gasteiger partial charge in [0.15, 0.2) is 5.96 Å². The van der Waals surface area contributed by atoms with E-state index in [2.05, 4.69) is 75.8 Å². The summed E-state index contributed by atoms with van der Waals surface area (Å²) in [5.74, 6) is 1.62. The van der Waals surface area contributed by atoms with Crippen LogP contribution in [-0.4, -0.2) is 46.9 Å². The summed E-state index contributed by atoms with van der Waals surface area (Å²) in [7, 11) is 3.97. The Morgan fingerprint density at radius 3 is 2.60 bits per heavy atom. The van der Waals surface area contributed by atoms with Gasteiger partial charge in [-0.2, -0.15) is 5.10 Å². The van der Waals surface area contributed by atoms with Crippen LogP contribution in [0.2, 0.25) is 0 Å². The van der Waals surface area contributed by atoms with Gasteiger partial charge in [-0.15, -0.1) is 24.0 Å². The van der Waals surface area contributed by atoms with Crippen LogP contribution in [0, 0.1) is 0 Å². The van der Waals surface area contributed by atoms with Crippen molar-refractivity contribution in [1.29, 1.82) is 0 Å². The van der Waals surface area contributed by atoms with Gasteiger partial charge in [0.2, 0.25) is 0 Å². The third kappa shape index (κ3) is 6.52. The number of likely N-dealkylation sites (N-methyl/N-ethyl adjacent to an activating group) is 1. The molecule has 1 heterocycles. The summed E-state index contributed by atoms with van der Waals surface area (Å²) in [6.07, 6.45) is 1.54. The van der Waals surface area contributed by atoms with Gasteiger partial charge < -0.3 is 15.5 Å². The highest BCUT2D eigenvalue weighted by molar-refractivity contribution is 14.0. The fraction of sp³-hybridized carbons (Fsp3) is 0.471. The zero-order chi connectivity index (χ0) is 17.4. The first-order valence-electron chi connectivity index (χ1n) is 8.24. The first-order valence-corrected chi connectivity index (χ1v) is 8.24. The van der Waals surface area contributed by atoms with Crippen molar-refractivity contribution in [3.63, 3.8) is 0 Å². The van der Waals surface area contributed by atoms with E-state index in [-0.39, 0.29) is 24.0 Å². The summed E-state index contributed by atoms with van der Waals surface area (Å²) in [6, 6.07) is 10.7. The Kier molecular flexibility index (Phi) is 9.25. The molecule has 8 heteroatoms. The summed E-state index contributed by atoms with van der Waals surface area (Å²) in [6.45, 7) is 6.34. The molecule has 1 aromatic heterocycles. The Bertz CT molecular complexity index is 641. The minimum Gasteiger partial charge on any atom is -0.370 e. The van der Waals surface area contributed by atoms with Gasteiger partial charge in [-0.05, 0) is 26.0 Å². The van der Waals surface area contributed by atoms with E-state index in [0.717, 1.165) is 24.9 Å². The highest BCUT2D eigenvalue weighted by Gasteiger charge is 2.10. The SMILES string of the molecule is CCNC(=NCc1ncnn1C)NCC(C)N(C)c1ccccc1.I. The lowest BCUT2D eigenvalue weighted by atomic mass is 10.2. The first-order chi connectivity index (χ1) is 11.6. The van der Waals surface area contributed by atoms with Crippen LogP contribution in [-0.2, 0) is 13.6 Å². The molecule has 7 nitrogen and oxygen atoms in total. The number of anilines is 1. The number of rotatable bonds is 7. The summed E-state index contributed by atoms with van der Waals surface area (Å²) >= 11 is 0. The minimum absolute atomic E-state index is 0. The molecule has 0 aliphatic rings. The summed E-state index contributed by atoms with van der Waals surface area (Å²) < 4.78 is 1.73. The third-order valence-electron chi connectivity index (χ3n) is 3.92. The maximum atomic E-state index is 4.57. The molecular formula is C17H28IN7. The van der Waals surface area contributed by atoms with Crippen molar-refractivity contribution in [1.82, 2.24) is 25.4 Å². The Balaban J connectivity index is 0.00000312. The van der Waals surface area contributed by atoms with Gasteiger partial charge in [-0.3, -0.25) is 4.68 Å². The lowest BCUT2D eigenvalue weighted by Gasteiger charge is -2.27. The standard InChI is InChI=1S/C17H27N7.HI/c1-5-18-17(20-12-16-21-13-22-24(16)4)19-11-14(2)23(3)15-9-7-6-8-10-15;/h6-10,13-14H,5,11-12H2,1-4H3,(H2,18,19,20);1H. The van der Waals surface area contributed by atoms with Crippen LogP contribution in [0.25, 0.3) is 0 Å². The molecule has 0 aliphatic heterocycles. The van der Waals surface area contributed by atoms with E-state index in [1.54, 1.807) is 11.0 Å². The average molecular weight is 457 g/mol. The zero-order valence-electron chi connectivity index (χ0n) is 15.3. The average Bonchev–Trinajstić information content (AvgIpc) is 3.02. The zero-order valence-corrected chi connectivity index (χ0v) is 17.6. The van der Waals surface area contributed by atoms with E-state index in [1.165, 1.54) is 5.69 Å². The molecule has 138 valence electrons. The number of nitrogens with one attached hydrogen (secondary N) is 2. The number of benzene rings is 1. The van der Waals surface area contributed by atoms with Crippen LogP contribution < -0.4 is 15.5 Å². The Labute approximate surface area is 166 Å². The molecular weight excluding hydrogens is 429 g/mol. The minimum atomic E-state index is 0. The van der Waals surface area contributed by atoms with Crippen molar-refractivity contribution in [3.05, 3.63) is 42.5 Å². The molecule has 25 heavy (non-hydrogen) atoms. The van der Waals surface area contributed by atoms with Crippen molar-refractivity contribution in [2.75, 3.05) is 25.0 Å². The van der Waals surface area contributed by atoms with Crippen LogP contribution in [0.3, 0.4) is 0 Å². The van der Waals surface area contributed by atoms with Crippen molar-refractivity contribution >= 4 is 35.6 Å². The molecule has 0 bridgehead atoms. The van der Waals surface area contributed by atoms with Crippen LogP contribution in [0.4, 0.5) is 5.69 Å². The Hall–Kier alpha value is -1.84.